The standard InChI is InChI=1S/C14H18Cl3NO3/c1-3-20-11-6-5-10(9-12(11)21-4-2)7-8-18-13(19)14(15,16)17/h5-6,9H,3-4,7-8H2,1-2H3,(H,18,19). The van der Waals surface area contributed by atoms with Crippen molar-refractivity contribution in [2.24, 2.45) is 0 Å². The average molecular weight is 355 g/mol. The third kappa shape index (κ3) is 6.20. The maximum absolute atomic E-state index is 11.4. The van der Waals surface area contributed by atoms with Crippen LogP contribution in [0, 0.1) is 0 Å². The number of benzene rings is 1. The van der Waals surface area contributed by atoms with Crippen LogP contribution in [0.15, 0.2) is 18.2 Å². The first kappa shape index (κ1) is 18.2. The Morgan fingerprint density at radius 1 is 1.14 bits per heavy atom. The van der Waals surface area contributed by atoms with Crippen LogP contribution >= 0.6 is 34.8 Å². The lowest BCUT2D eigenvalue weighted by Crippen LogP contribution is -2.35. The van der Waals surface area contributed by atoms with Gasteiger partial charge in [0.15, 0.2) is 11.5 Å². The maximum Gasteiger partial charge on any atom is 0.272 e. The Balaban J connectivity index is 2.63. The molecule has 4 nitrogen and oxygen atoms in total. The van der Waals surface area contributed by atoms with Gasteiger partial charge in [-0.2, -0.15) is 0 Å². The lowest BCUT2D eigenvalue weighted by molar-refractivity contribution is -0.120. The van der Waals surface area contributed by atoms with E-state index in [0.717, 1.165) is 5.56 Å². The fraction of sp³-hybridized carbons (Fsp3) is 0.500. The highest BCUT2D eigenvalue weighted by Crippen LogP contribution is 2.29. The highest BCUT2D eigenvalue weighted by atomic mass is 35.6. The number of amides is 1. The fourth-order valence-electron chi connectivity index (χ4n) is 1.67. The highest BCUT2D eigenvalue weighted by Gasteiger charge is 2.29. The number of nitrogens with one attached hydrogen (secondary N) is 1. The van der Waals surface area contributed by atoms with Crippen molar-refractivity contribution in [1.29, 1.82) is 0 Å². The molecule has 118 valence electrons. The number of rotatable bonds is 7. The molecular weight excluding hydrogens is 337 g/mol. The number of hydrogen-bond acceptors (Lipinski definition) is 3. The molecule has 0 fully saturated rings. The molecule has 1 N–H and O–H groups in total. The van der Waals surface area contributed by atoms with Crippen LogP contribution < -0.4 is 14.8 Å². The Kier molecular flexibility index (Phi) is 7.43. The van der Waals surface area contributed by atoms with Crippen LogP contribution in [0.3, 0.4) is 0 Å². The fourth-order valence-corrected chi connectivity index (χ4v) is 1.87. The average Bonchev–Trinajstić information content (AvgIpc) is 2.41. The van der Waals surface area contributed by atoms with Crippen LogP contribution in [-0.2, 0) is 11.2 Å². The summed E-state index contributed by atoms with van der Waals surface area (Å²) in [6, 6.07) is 5.64. The van der Waals surface area contributed by atoms with Crippen molar-refractivity contribution < 1.29 is 14.3 Å². The van der Waals surface area contributed by atoms with Gasteiger partial charge in [-0.3, -0.25) is 4.79 Å². The summed E-state index contributed by atoms with van der Waals surface area (Å²) < 4.78 is 9.09. The van der Waals surface area contributed by atoms with Gasteiger partial charge in [0, 0.05) is 6.54 Å². The largest absolute Gasteiger partial charge is 0.490 e. The first-order valence-electron chi connectivity index (χ1n) is 6.62. The Hall–Kier alpha value is -0.840. The monoisotopic (exact) mass is 353 g/mol. The number of ether oxygens (including phenoxy) is 2. The van der Waals surface area contributed by atoms with Gasteiger partial charge in [-0.05, 0) is 38.0 Å². The topological polar surface area (TPSA) is 47.6 Å². The van der Waals surface area contributed by atoms with E-state index in [-0.39, 0.29) is 0 Å². The molecule has 7 heteroatoms. The Labute approximate surface area is 139 Å². The number of halogens is 3. The SMILES string of the molecule is CCOc1ccc(CCNC(=O)C(Cl)(Cl)Cl)cc1OCC. The second-order valence-electron chi connectivity index (χ2n) is 4.15. The molecule has 1 rings (SSSR count). The molecule has 1 aromatic rings. The summed E-state index contributed by atoms with van der Waals surface area (Å²) in [6.45, 7) is 5.30. The van der Waals surface area contributed by atoms with Crippen molar-refractivity contribution in [3.8, 4) is 11.5 Å². The molecule has 0 saturated carbocycles. The Morgan fingerprint density at radius 2 is 1.76 bits per heavy atom. The minimum Gasteiger partial charge on any atom is -0.490 e. The molecule has 0 aliphatic rings. The van der Waals surface area contributed by atoms with Gasteiger partial charge in [-0.25, -0.2) is 0 Å². The smallest absolute Gasteiger partial charge is 0.272 e. The van der Waals surface area contributed by atoms with Gasteiger partial charge in [0.2, 0.25) is 0 Å². The van der Waals surface area contributed by atoms with Crippen molar-refractivity contribution in [3.05, 3.63) is 23.8 Å². The molecule has 0 saturated heterocycles. The highest BCUT2D eigenvalue weighted by molar-refractivity contribution is 6.76. The molecule has 1 amide bonds. The molecule has 21 heavy (non-hydrogen) atoms. The summed E-state index contributed by atoms with van der Waals surface area (Å²) in [5.41, 5.74) is 0.992. The minimum absolute atomic E-state index is 0.367. The van der Waals surface area contributed by atoms with E-state index in [9.17, 15) is 4.79 Å². The van der Waals surface area contributed by atoms with Crippen LogP contribution in [0.2, 0.25) is 0 Å². The zero-order valence-electron chi connectivity index (χ0n) is 11.9. The van der Waals surface area contributed by atoms with Gasteiger partial charge < -0.3 is 14.8 Å². The van der Waals surface area contributed by atoms with Crippen molar-refractivity contribution in [1.82, 2.24) is 5.32 Å². The van der Waals surface area contributed by atoms with Crippen molar-refractivity contribution in [2.75, 3.05) is 19.8 Å². The molecule has 0 bridgehead atoms. The summed E-state index contributed by atoms with van der Waals surface area (Å²) in [4.78, 5) is 11.4. The van der Waals surface area contributed by atoms with Crippen molar-refractivity contribution in [3.63, 3.8) is 0 Å². The second-order valence-corrected chi connectivity index (χ2v) is 6.43. The number of alkyl halides is 3. The summed E-state index contributed by atoms with van der Waals surface area (Å²) in [5, 5.41) is 2.56. The second kappa shape index (κ2) is 8.57. The lowest BCUT2D eigenvalue weighted by Gasteiger charge is -2.13. The van der Waals surface area contributed by atoms with Gasteiger partial charge in [0.05, 0.1) is 13.2 Å². The first-order chi connectivity index (χ1) is 9.88. The van der Waals surface area contributed by atoms with E-state index in [1.165, 1.54) is 0 Å². The van der Waals surface area contributed by atoms with E-state index in [1.807, 2.05) is 32.0 Å². The van der Waals surface area contributed by atoms with Crippen LogP contribution in [-0.4, -0.2) is 29.5 Å². The van der Waals surface area contributed by atoms with Gasteiger partial charge in [-0.1, -0.05) is 40.9 Å². The molecule has 0 aliphatic carbocycles. The van der Waals surface area contributed by atoms with Gasteiger partial charge in [0.25, 0.3) is 9.70 Å². The van der Waals surface area contributed by atoms with Crippen molar-refractivity contribution in [2.45, 2.75) is 24.1 Å². The normalized spacial score (nSPS) is 11.1. The predicted octanol–water partition coefficient (Wildman–Crippen LogP) is 3.51. The van der Waals surface area contributed by atoms with E-state index in [4.69, 9.17) is 44.3 Å². The van der Waals surface area contributed by atoms with E-state index in [0.29, 0.717) is 37.7 Å². The lowest BCUT2D eigenvalue weighted by atomic mass is 10.1. The predicted molar refractivity (Wildman–Crippen MR) is 85.8 cm³/mol. The van der Waals surface area contributed by atoms with Gasteiger partial charge in [0.1, 0.15) is 0 Å². The molecule has 0 unspecified atom stereocenters. The van der Waals surface area contributed by atoms with E-state index in [2.05, 4.69) is 5.32 Å². The van der Waals surface area contributed by atoms with Gasteiger partial charge in [-0.15, -0.1) is 0 Å². The molecule has 0 aromatic heterocycles. The third-order valence-corrected chi connectivity index (χ3v) is 3.08. The minimum atomic E-state index is -1.94. The molecule has 0 atom stereocenters. The van der Waals surface area contributed by atoms with Crippen LogP contribution in [0.4, 0.5) is 0 Å². The number of carbonyl (C=O) groups is 1. The summed E-state index contributed by atoms with van der Waals surface area (Å²) in [7, 11) is 0. The van der Waals surface area contributed by atoms with E-state index in [1.54, 1.807) is 0 Å². The molecule has 1 aromatic carbocycles. The quantitative estimate of drug-likeness (QED) is 0.762. The van der Waals surface area contributed by atoms with Crippen LogP contribution in [0.5, 0.6) is 11.5 Å². The number of hydrogen-bond donors (Lipinski definition) is 1. The third-order valence-electron chi connectivity index (χ3n) is 2.56. The summed E-state index contributed by atoms with van der Waals surface area (Å²) in [6.07, 6.45) is 0.596. The molecule has 0 heterocycles. The van der Waals surface area contributed by atoms with Crippen LogP contribution in [0.1, 0.15) is 19.4 Å². The van der Waals surface area contributed by atoms with Crippen molar-refractivity contribution >= 4 is 40.7 Å². The zero-order valence-corrected chi connectivity index (χ0v) is 14.2. The Morgan fingerprint density at radius 3 is 2.33 bits per heavy atom. The molecule has 0 aliphatic heterocycles. The van der Waals surface area contributed by atoms with Crippen LogP contribution in [0.25, 0.3) is 0 Å². The maximum atomic E-state index is 11.4. The summed E-state index contributed by atoms with van der Waals surface area (Å²) in [5.74, 6) is 0.751. The van der Waals surface area contributed by atoms with E-state index < -0.39 is 9.70 Å². The van der Waals surface area contributed by atoms with E-state index >= 15 is 0 Å². The summed E-state index contributed by atoms with van der Waals surface area (Å²) >= 11 is 16.4. The molecular formula is C14H18Cl3NO3. The molecule has 0 radical (unpaired) electrons. The number of carbonyl (C=O) groups excluding carboxylic acids is 1. The van der Waals surface area contributed by atoms with Gasteiger partial charge >= 0.3 is 0 Å². The first-order valence-corrected chi connectivity index (χ1v) is 7.75. The Bertz CT molecular complexity index is 475. The molecule has 0 spiro atoms. The zero-order chi connectivity index (χ0) is 15.9.